The molecular formula is C29H28O7S. The van der Waals surface area contributed by atoms with Gasteiger partial charge in [0.05, 0.1) is 25.3 Å². The van der Waals surface area contributed by atoms with Gasteiger partial charge in [0.15, 0.2) is 17.3 Å². The van der Waals surface area contributed by atoms with E-state index in [1.807, 2.05) is 32.1 Å². The van der Waals surface area contributed by atoms with Crippen molar-refractivity contribution in [3.8, 4) is 23.0 Å². The molecule has 0 aromatic heterocycles. The van der Waals surface area contributed by atoms with E-state index < -0.39 is 15.7 Å². The van der Waals surface area contributed by atoms with Crippen LogP contribution in [0.4, 0.5) is 0 Å². The molecule has 0 N–H and O–H groups in total. The van der Waals surface area contributed by atoms with E-state index in [-0.39, 0.29) is 23.0 Å². The van der Waals surface area contributed by atoms with E-state index in [0.29, 0.717) is 33.8 Å². The van der Waals surface area contributed by atoms with Crippen LogP contribution in [0.3, 0.4) is 0 Å². The fourth-order valence-electron chi connectivity index (χ4n) is 3.87. The van der Waals surface area contributed by atoms with Gasteiger partial charge in [0.25, 0.3) is 0 Å². The minimum Gasteiger partial charge on any atom is -0.496 e. The summed E-state index contributed by atoms with van der Waals surface area (Å²) < 4.78 is 47.5. The molecule has 7 nitrogen and oxygen atoms in total. The van der Waals surface area contributed by atoms with Gasteiger partial charge < -0.3 is 18.4 Å². The molecule has 0 spiro atoms. The van der Waals surface area contributed by atoms with E-state index in [1.165, 1.54) is 19.3 Å². The van der Waals surface area contributed by atoms with Gasteiger partial charge in [0, 0.05) is 0 Å². The van der Waals surface area contributed by atoms with Crippen LogP contribution in [0.25, 0.3) is 12.2 Å². The monoisotopic (exact) mass is 520 g/mol. The van der Waals surface area contributed by atoms with Crippen LogP contribution in [0.15, 0.2) is 72.8 Å². The molecule has 37 heavy (non-hydrogen) atoms. The van der Waals surface area contributed by atoms with Gasteiger partial charge in [-0.3, -0.25) is 4.79 Å². The number of methoxy groups -OCH3 is 2. The van der Waals surface area contributed by atoms with Crippen LogP contribution in [0.2, 0.25) is 0 Å². The first kappa shape index (κ1) is 26.0. The molecule has 0 radical (unpaired) electrons. The first-order chi connectivity index (χ1) is 17.6. The predicted molar refractivity (Wildman–Crippen MR) is 143 cm³/mol. The minimum atomic E-state index is -3.95. The average molecular weight is 521 g/mol. The standard InChI is InChI=1S/C29H28O7S/c1-29(2)17-16-23-25(33-3)15-12-22(28(23)35-29)24(30)13-10-20-11-14-26(34-4)27(18-20)36-37(31,32)19-21-8-6-5-7-9-21/h5-18H,19H2,1-4H3/b13-10+. The molecule has 1 heterocycles. The van der Waals surface area contributed by atoms with Gasteiger partial charge in [-0.2, -0.15) is 8.42 Å². The van der Waals surface area contributed by atoms with Gasteiger partial charge >= 0.3 is 10.1 Å². The molecule has 0 atom stereocenters. The number of allylic oxidation sites excluding steroid dienone is 1. The molecule has 0 aliphatic carbocycles. The number of hydrogen-bond donors (Lipinski definition) is 0. The number of fused-ring (bicyclic) bond motifs is 1. The summed E-state index contributed by atoms with van der Waals surface area (Å²) in [6.45, 7) is 3.81. The van der Waals surface area contributed by atoms with Crippen molar-refractivity contribution in [3.63, 3.8) is 0 Å². The summed E-state index contributed by atoms with van der Waals surface area (Å²) in [5.41, 5.74) is 1.67. The zero-order valence-electron chi connectivity index (χ0n) is 21.1. The molecule has 0 bridgehead atoms. The number of carbonyl (C=O) groups excluding carboxylic acids is 1. The lowest BCUT2D eigenvalue weighted by molar-refractivity contribution is 0.103. The van der Waals surface area contributed by atoms with Crippen molar-refractivity contribution in [1.29, 1.82) is 0 Å². The van der Waals surface area contributed by atoms with Crippen molar-refractivity contribution in [3.05, 3.63) is 95.1 Å². The van der Waals surface area contributed by atoms with E-state index in [9.17, 15) is 13.2 Å². The Hall–Kier alpha value is -4.04. The van der Waals surface area contributed by atoms with E-state index in [1.54, 1.807) is 61.7 Å². The van der Waals surface area contributed by atoms with Crippen LogP contribution >= 0.6 is 0 Å². The topological polar surface area (TPSA) is 88.1 Å². The van der Waals surface area contributed by atoms with E-state index >= 15 is 0 Å². The van der Waals surface area contributed by atoms with Crippen molar-refractivity contribution < 1.29 is 31.6 Å². The molecule has 1 aliphatic heterocycles. The zero-order valence-corrected chi connectivity index (χ0v) is 21.9. The Morgan fingerprint density at radius 1 is 0.946 bits per heavy atom. The smallest absolute Gasteiger partial charge is 0.313 e. The van der Waals surface area contributed by atoms with Crippen LogP contribution in [-0.4, -0.2) is 34.0 Å². The third kappa shape index (κ3) is 6.21. The Bertz CT molecular complexity index is 1470. The minimum absolute atomic E-state index is 0.0325. The first-order valence-corrected chi connectivity index (χ1v) is 13.1. The summed E-state index contributed by atoms with van der Waals surface area (Å²) in [7, 11) is -0.957. The van der Waals surface area contributed by atoms with E-state index in [4.69, 9.17) is 18.4 Å². The highest BCUT2D eigenvalue weighted by molar-refractivity contribution is 7.86. The lowest BCUT2D eigenvalue weighted by Gasteiger charge is -2.29. The fraction of sp³-hybridized carbons (Fsp3) is 0.207. The molecular weight excluding hydrogens is 492 g/mol. The van der Waals surface area contributed by atoms with Gasteiger partial charge in [-0.15, -0.1) is 0 Å². The van der Waals surface area contributed by atoms with Crippen molar-refractivity contribution in [2.75, 3.05) is 14.2 Å². The fourth-order valence-corrected chi connectivity index (χ4v) is 4.93. The SMILES string of the molecule is COc1ccc(/C=C/C(=O)c2ccc(OC)c3c2OC(C)(C)C=C3)cc1OS(=O)(=O)Cc1ccccc1. The molecule has 0 saturated carbocycles. The second-order valence-electron chi connectivity index (χ2n) is 8.98. The third-order valence-corrected chi connectivity index (χ3v) is 6.80. The van der Waals surface area contributed by atoms with Crippen LogP contribution in [0.1, 0.15) is 40.9 Å². The average Bonchev–Trinajstić information content (AvgIpc) is 2.86. The van der Waals surface area contributed by atoms with Gasteiger partial charge in [-0.1, -0.05) is 42.5 Å². The highest BCUT2D eigenvalue weighted by Crippen LogP contribution is 2.40. The lowest BCUT2D eigenvalue weighted by atomic mass is 9.97. The maximum Gasteiger partial charge on any atom is 0.313 e. The molecule has 0 fully saturated rings. The Morgan fingerprint density at radius 3 is 2.35 bits per heavy atom. The number of rotatable bonds is 9. The Kier molecular flexibility index (Phi) is 7.40. The summed E-state index contributed by atoms with van der Waals surface area (Å²) in [6, 6.07) is 16.9. The molecule has 3 aromatic rings. The van der Waals surface area contributed by atoms with Crippen LogP contribution in [0.5, 0.6) is 23.0 Å². The molecule has 0 unspecified atom stereocenters. The van der Waals surface area contributed by atoms with Crippen molar-refractivity contribution >= 4 is 28.1 Å². The first-order valence-electron chi connectivity index (χ1n) is 11.6. The normalized spacial score (nSPS) is 14.1. The van der Waals surface area contributed by atoms with Crippen molar-refractivity contribution in [2.24, 2.45) is 0 Å². The van der Waals surface area contributed by atoms with Crippen LogP contribution in [-0.2, 0) is 15.9 Å². The molecule has 3 aromatic carbocycles. The summed E-state index contributed by atoms with van der Waals surface area (Å²) in [5.74, 6) is 0.781. The summed E-state index contributed by atoms with van der Waals surface area (Å²) in [6.07, 6.45) is 6.79. The molecule has 8 heteroatoms. The van der Waals surface area contributed by atoms with Gasteiger partial charge in [-0.05, 0) is 67.5 Å². The van der Waals surface area contributed by atoms with Gasteiger partial charge in [0.2, 0.25) is 0 Å². The van der Waals surface area contributed by atoms with E-state index in [2.05, 4.69) is 0 Å². The Balaban J connectivity index is 1.59. The summed E-state index contributed by atoms with van der Waals surface area (Å²) >= 11 is 0. The summed E-state index contributed by atoms with van der Waals surface area (Å²) in [4.78, 5) is 13.2. The highest BCUT2D eigenvalue weighted by atomic mass is 32.2. The summed E-state index contributed by atoms with van der Waals surface area (Å²) in [5, 5.41) is 0. The largest absolute Gasteiger partial charge is 0.496 e. The zero-order chi connectivity index (χ0) is 26.6. The molecule has 4 rings (SSSR count). The third-order valence-electron chi connectivity index (χ3n) is 5.68. The second-order valence-corrected chi connectivity index (χ2v) is 10.5. The van der Waals surface area contributed by atoms with Crippen LogP contribution < -0.4 is 18.4 Å². The lowest BCUT2D eigenvalue weighted by Crippen LogP contribution is -2.28. The van der Waals surface area contributed by atoms with Crippen LogP contribution in [0, 0.1) is 0 Å². The highest BCUT2D eigenvalue weighted by Gasteiger charge is 2.27. The van der Waals surface area contributed by atoms with Crippen molar-refractivity contribution in [2.45, 2.75) is 25.2 Å². The Labute approximate surface area is 217 Å². The van der Waals surface area contributed by atoms with Crippen molar-refractivity contribution in [1.82, 2.24) is 0 Å². The molecule has 0 saturated heterocycles. The molecule has 1 aliphatic rings. The number of ketones is 1. The number of ether oxygens (including phenoxy) is 3. The van der Waals surface area contributed by atoms with E-state index in [0.717, 1.165) is 0 Å². The number of hydrogen-bond acceptors (Lipinski definition) is 7. The quantitative estimate of drug-likeness (QED) is 0.203. The van der Waals surface area contributed by atoms with Gasteiger partial charge in [0.1, 0.15) is 22.9 Å². The molecule has 192 valence electrons. The maximum absolute atomic E-state index is 13.2. The predicted octanol–water partition coefficient (Wildman–Crippen LogP) is 5.69. The molecule has 0 amide bonds. The van der Waals surface area contributed by atoms with Gasteiger partial charge in [-0.25, -0.2) is 0 Å². The maximum atomic E-state index is 13.2. The number of benzene rings is 3. The number of carbonyl (C=O) groups is 1. The second kappa shape index (κ2) is 10.5. The Morgan fingerprint density at radius 2 is 1.65 bits per heavy atom.